The van der Waals surface area contributed by atoms with Crippen molar-refractivity contribution in [1.82, 2.24) is 10.2 Å². The number of aryl methyl sites for hydroxylation is 2. The molecule has 3 aromatic rings. The highest BCUT2D eigenvalue weighted by atomic mass is 32.1. The monoisotopic (exact) mass is 380 g/mol. The van der Waals surface area contributed by atoms with E-state index in [1.807, 2.05) is 38.1 Å². The van der Waals surface area contributed by atoms with Crippen molar-refractivity contribution in [2.45, 2.75) is 26.7 Å². The average Bonchev–Trinajstić information content (AvgIpc) is 3.11. The van der Waals surface area contributed by atoms with E-state index >= 15 is 0 Å². The van der Waals surface area contributed by atoms with Crippen LogP contribution in [-0.2, 0) is 17.6 Å². The van der Waals surface area contributed by atoms with Gasteiger partial charge in [0.15, 0.2) is 0 Å². The molecule has 2 amide bonds. The van der Waals surface area contributed by atoms with Crippen molar-refractivity contribution in [2.75, 3.05) is 10.6 Å². The van der Waals surface area contributed by atoms with Crippen LogP contribution in [0.15, 0.2) is 48.5 Å². The molecule has 0 aliphatic heterocycles. The number of benzene rings is 2. The van der Waals surface area contributed by atoms with Gasteiger partial charge in [0.25, 0.3) is 5.91 Å². The summed E-state index contributed by atoms with van der Waals surface area (Å²) in [6.45, 7) is 3.98. The standard InChI is InChI=1S/C20H20N4O2S/c1-3-18-23-24-20(27-18)22-19(26)15-6-4-5-7-16(15)21-17(25)12-14-10-8-13(2)9-11-14/h4-11H,3,12H2,1-2H3,(H,21,25)(H,22,24,26). The van der Waals surface area contributed by atoms with Gasteiger partial charge < -0.3 is 5.32 Å². The molecule has 0 fully saturated rings. The Morgan fingerprint density at radius 2 is 1.74 bits per heavy atom. The van der Waals surface area contributed by atoms with Gasteiger partial charge in [0.1, 0.15) is 5.01 Å². The van der Waals surface area contributed by atoms with Gasteiger partial charge in [-0.25, -0.2) is 0 Å². The van der Waals surface area contributed by atoms with E-state index in [1.165, 1.54) is 11.3 Å². The van der Waals surface area contributed by atoms with Crippen molar-refractivity contribution in [2.24, 2.45) is 0 Å². The molecule has 0 atom stereocenters. The molecule has 2 aromatic carbocycles. The number of amides is 2. The zero-order valence-corrected chi connectivity index (χ0v) is 16.0. The lowest BCUT2D eigenvalue weighted by Gasteiger charge is -2.10. The van der Waals surface area contributed by atoms with Crippen LogP contribution in [-0.4, -0.2) is 22.0 Å². The van der Waals surface area contributed by atoms with Crippen molar-refractivity contribution >= 4 is 34.0 Å². The Balaban J connectivity index is 1.70. The smallest absolute Gasteiger partial charge is 0.259 e. The number of nitrogens with zero attached hydrogens (tertiary/aromatic N) is 2. The first kappa shape index (κ1) is 18.7. The Morgan fingerprint density at radius 3 is 2.44 bits per heavy atom. The van der Waals surface area contributed by atoms with E-state index in [-0.39, 0.29) is 18.2 Å². The lowest BCUT2D eigenvalue weighted by Crippen LogP contribution is -2.19. The summed E-state index contributed by atoms with van der Waals surface area (Å²) in [6, 6.07) is 14.7. The Hall–Kier alpha value is -3.06. The molecule has 1 heterocycles. The lowest BCUT2D eigenvalue weighted by atomic mass is 10.1. The molecular formula is C20H20N4O2S. The van der Waals surface area contributed by atoms with Gasteiger partial charge in [-0.05, 0) is 31.0 Å². The van der Waals surface area contributed by atoms with Crippen molar-refractivity contribution < 1.29 is 9.59 Å². The second-order valence-electron chi connectivity index (χ2n) is 6.06. The fourth-order valence-electron chi connectivity index (χ4n) is 2.49. The van der Waals surface area contributed by atoms with Crippen molar-refractivity contribution in [3.8, 4) is 0 Å². The first-order chi connectivity index (χ1) is 13.0. The second-order valence-corrected chi connectivity index (χ2v) is 7.13. The molecule has 2 N–H and O–H groups in total. The molecule has 138 valence electrons. The Morgan fingerprint density at radius 1 is 1.00 bits per heavy atom. The Labute approximate surface area is 161 Å². The van der Waals surface area contributed by atoms with Gasteiger partial charge in [-0.1, -0.05) is 60.2 Å². The van der Waals surface area contributed by atoms with E-state index < -0.39 is 0 Å². The van der Waals surface area contributed by atoms with E-state index in [0.717, 1.165) is 22.6 Å². The molecule has 1 aromatic heterocycles. The molecule has 0 unspecified atom stereocenters. The van der Waals surface area contributed by atoms with Crippen LogP contribution in [0.4, 0.5) is 10.8 Å². The van der Waals surface area contributed by atoms with Gasteiger partial charge in [0, 0.05) is 0 Å². The fraction of sp³-hybridized carbons (Fsp3) is 0.200. The molecular weight excluding hydrogens is 360 g/mol. The minimum absolute atomic E-state index is 0.178. The maximum absolute atomic E-state index is 12.6. The van der Waals surface area contributed by atoms with Gasteiger partial charge in [-0.2, -0.15) is 0 Å². The number of anilines is 2. The number of nitrogens with one attached hydrogen (secondary N) is 2. The van der Waals surface area contributed by atoms with E-state index in [0.29, 0.717) is 16.4 Å². The number of rotatable bonds is 6. The Bertz CT molecular complexity index is 951. The summed E-state index contributed by atoms with van der Waals surface area (Å²) in [4.78, 5) is 25.0. The summed E-state index contributed by atoms with van der Waals surface area (Å²) in [5.41, 5.74) is 2.90. The van der Waals surface area contributed by atoms with E-state index in [4.69, 9.17) is 0 Å². The van der Waals surface area contributed by atoms with E-state index in [2.05, 4.69) is 20.8 Å². The molecule has 6 nitrogen and oxygen atoms in total. The van der Waals surface area contributed by atoms with Crippen LogP contribution in [0.5, 0.6) is 0 Å². The molecule has 27 heavy (non-hydrogen) atoms. The number of aromatic nitrogens is 2. The first-order valence-corrected chi connectivity index (χ1v) is 9.45. The largest absolute Gasteiger partial charge is 0.325 e. The fourth-order valence-corrected chi connectivity index (χ4v) is 3.16. The van der Waals surface area contributed by atoms with Crippen LogP contribution in [0, 0.1) is 6.92 Å². The summed E-state index contributed by atoms with van der Waals surface area (Å²) in [7, 11) is 0. The summed E-state index contributed by atoms with van der Waals surface area (Å²) < 4.78 is 0. The van der Waals surface area contributed by atoms with E-state index in [9.17, 15) is 9.59 Å². The maximum atomic E-state index is 12.6. The molecule has 0 saturated heterocycles. The third kappa shape index (κ3) is 4.98. The zero-order valence-electron chi connectivity index (χ0n) is 15.2. The number of hydrogen-bond donors (Lipinski definition) is 2. The molecule has 0 aliphatic rings. The highest BCUT2D eigenvalue weighted by molar-refractivity contribution is 7.15. The minimum atomic E-state index is -0.333. The lowest BCUT2D eigenvalue weighted by molar-refractivity contribution is -0.115. The molecule has 0 radical (unpaired) electrons. The van der Waals surface area contributed by atoms with Gasteiger partial charge in [0.05, 0.1) is 17.7 Å². The third-order valence-corrected chi connectivity index (χ3v) is 4.90. The molecule has 0 aliphatic carbocycles. The molecule has 0 saturated carbocycles. The minimum Gasteiger partial charge on any atom is -0.325 e. The summed E-state index contributed by atoms with van der Waals surface area (Å²) in [5.74, 6) is -0.511. The predicted molar refractivity (Wildman–Crippen MR) is 107 cm³/mol. The van der Waals surface area contributed by atoms with Crippen LogP contribution in [0.25, 0.3) is 0 Å². The normalized spacial score (nSPS) is 10.4. The zero-order chi connectivity index (χ0) is 19.2. The maximum Gasteiger partial charge on any atom is 0.259 e. The molecule has 3 rings (SSSR count). The van der Waals surface area contributed by atoms with Crippen LogP contribution < -0.4 is 10.6 Å². The van der Waals surface area contributed by atoms with Gasteiger partial charge >= 0.3 is 0 Å². The van der Waals surface area contributed by atoms with Crippen molar-refractivity contribution in [1.29, 1.82) is 0 Å². The SMILES string of the molecule is CCc1nnc(NC(=O)c2ccccc2NC(=O)Cc2ccc(C)cc2)s1. The molecule has 7 heteroatoms. The first-order valence-electron chi connectivity index (χ1n) is 8.63. The van der Waals surface area contributed by atoms with Gasteiger partial charge in [-0.3, -0.25) is 14.9 Å². The number of hydrogen-bond acceptors (Lipinski definition) is 5. The third-order valence-electron chi connectivity index (χ3n) is 3.92. The second kappa shape index (κ2) is 8.55. The van der Waals surface area contributed by atoms with Crippen LogP contribution >= 0.6 is 11.3 Å². The summed E-state index contributed by atoms with van der Waals surface area (Å²) >= 11 is 1.34. The highest BCUT2D eigenvalue weighted by Crippen LogP contribution is 2.20. The summed E-state index contributed by atoms with van der Waals surface area (Å²) in [5, 5.41) is 14.8. The molecule has 0 bridgehead atoms. The van der Waals surface area contributed by atoms with Crippen molar-refractivity contribution in [3.05, 3.63) is 70.2 Å². The summed E-state index contributed by atoms with van der Waals surface area (Å²) in [6.07, 6.45) is 1.01. The van der Waals surface area contributed by atoms with Gasteiger partial charge in [0.2, 0.25) is 11.0 Å². The Kier molecular flexibility index (Phi) is 5.93. The topological polar surface area (TPSA) is 84.0 Å². The molecule has 0 spiro atoms. The van der Waals surface area contributed by atoms with Crippen LogP contribution in [0.3, 0.4) is 0 Å². The van der Waals surface area contributed by atoms with Gasteiger partial charge in [-0.15, -0.1) is 10.2 Å². The van der Waals surface area contributed by atoms with Crippen molar-refractivity contribution in [3.63, 3.8) is 0 Å². The van der Waals surface area contributed by atoms with Crippen LogP contribution in [0.2, 0.25) is 0 Å². The number of carbonyl (C=O) groups is 2. The van der Waals surface area contributed by atoms with Crippen LogP contribution in [0.1, 0.15) is 33.4 Å². The number of para-hydroxylation sites is 1. The average molecular weight is 380 g/mol. The van der Waals surface area contributed by atoms with E-state index in [1.54, 1.807) is 24.3 Å². The highest BCUT2D eigenvalue weighted by Gasteiger charge is 2.15. The quantitative estimate of drug-likeness (QED) is 0.680. The predicted octanol–water partition coefficient (Wildman–Crippen LogP) is 3.84. The number of carbonyl (C=O) groups excluding carboxylic acids is 2.